The molecule has 0 aliphatic rings. The first kappa shape index (κ1) is 15.7. The van der Waals surface area contributed by atoms with E-state index in [-0.39, 0.29) is 6.04 Å². The summed E-state index contributed by atoms with van der Waals surface area (Å²) in [6.07, 6.45) is 1.78. The van der Waals surface area contributed by atoms with Gasteiger partial charge in [0.1, 0.15) is 10.8 Å². The summed E-state index contributed by atoms with van der Waals surface area (Å²) in [7, 11) is 0. The van der Waals surface area contributed by atoms with Gasteiger partial charge >= 0.3 is 6.09 Å². The third-order valence-electron chi connectivity index (χ3n) is 2.28. The molecule has 0 saturated heterocycles. The molecular weight excluding hydrogens is 266 g/mol. The lowest BCUT2D eigenvalue weighted by molar-refractivity contribution is 0.0506. The summed E-state index contributed by atoms with van der Waals surface area (Å²) in [5.74, 6) is 0. The van der Waals surface area contributed by atoms with Crippen LogP contribution < -0.4 is 11.1 Å². The molecule has 1 unspecified atom stereocenters. The Balaban J connectivity index is 2.54. The summed E-state index contributed by atoms with van der Waals surface area (Å²) in [5.41, 5.74) is 6.08. The van der Waals surface area contributed by atoms with Crippen LogP contribution in [0.15, 0.2) is 18.3 Å². The molecule has 1 heterocycles. The van der Waals surface area contributed by atoms with Crippen molar-refractivity contribution in [3.05, 3.63) is 29.0 Å². The Hall–Kier alpha value is -1.33. The molecule has 0 aromatic carbocycles. The first-order chi connectivity index (χ1) is 8.80. The number of hydrogen-bond donors (Lipinski definition) is 2. The van der Waals surface area contributed by atoms with E-state index in [0.717, 1.165) is 5.56 Å². The largest absolute Gasteiger partial charge is 0.444 e. The van der Waals surface area contributed by atoms with Gasteiger partial charge in [0.15, 0.2) is 0 Å². The fourth-order valence-electron chi connectivity index (χ4n) is 1.48. The van der Waals surface area contributed by atoms with Crippen LogP contribution in [0.4, 0.5) is 4.79 Å². The third-order valence-corrected chi connectivity index (χ3v) is 2.50. The van der Waals surface area contributed by atoms with Crippen molar-refractivity contribution in [2.75, 3.05) is 6.54 Å². The maximum absolute atomic E-state index is 11.6. The van der Waals surface area contributed by atoms with Gasteiger partial charge in [-0.3, -0.25) is 0 Å². The Kier molecular flexibility index (Phi) is 5.57. The number of pyridine rings is 1. The smallest absolute Gasteiger partial charge is 0.407 e. The summed E-state index contributed by atoms with van der Waals surface area (Å²) in [5, 5.41) is 3.18. The van der Waals surface area contributed by atoms with Crippen LogP contribution in [0, 0.1) is 0 Å². The quantitative estimate of drug-likeness (QED) is 0.831. The number of nitrogens with zero attached hydrogens (tertiary/aromatic N) is 1. The lowest BCUT2D eigenvalue weighted by Crippen LogP contribution is -2.44. The topological polar surface area (TPSA) is 77.2 Å². The van der Waals surface area contributed by atoms with Crippen molar-refractivity contribution in [3.8, 4) is 0 Å². The summed E-state index contributed by atoms with van der Waals surface area (Å²) in [6.45, 7) is 5.76. The average Bonchev–Trinajstić information content (AvgIpc) is 2.28. The number of amides is 1. The standard InChI is InChI=1S/C13H20ClN3O2/c1-13(2,3)19-12(18)17-10(7-15)6-9-4-5-11(14)16-8-9/h4-5,8,10H,6-7,15H2,1-3H3,(H,17,18). The summed E-state index contributed by atoms with van der Waals surface area (Å²) in [6, 6.07) is 3.37. The van der Waals surface area contributed by atoms with Gasteiger partial charge in [-0.25, -0.2) is 9.78 Å². The van der Waals surface area contributed by atoms with Crippen LogP contribution in [0.25, 0.3) is 0 Å². The first-order valence-electron chi connectivity index (χ1n) is 6.10. The molecule has 0 radical (unpaired) electrons. The van der Waals surface area contributed by atoms with Gasteiger partial charge < -0.3 is 15.8 Å². The van der Waals surface area contributed by atoms with E-state index >= 15 is 0 Å². The Morgan fingerprint density at radius 2 is 2.21 bits per heavy atom. The van der Waals surface area contributed by atoms with Crippen LogP contribution in [0.2, 0.25) is 5.15 Å². The highest BCUT2D eigenvalue weighted by atomic mass is 35.5. The van der Waals surface area contributed by atoms with E-state index < -0.39 is 11.7 Å². The van der Waals surface area contributed by atoms with Gasteiger partial charge in [0, 0.05) is 18.8 Å². The van der Waals surface area contributed by atoms with Crippen molar-refractivity contribution in [2.45, 2.75) is 38.8 Å². The number of nitrogens with two attached hydrogens (primary N) is 1. The zero-order chi connectivity index (χ0) is 14.5. The molecule has 3 N–H and O–H groups in total. The SMILES string of the molecule is CC(C)(C)OC(=O)NC(CN)Cc1ccc(Cl)nc1. The molecule has 106 valence electrons. The lowest BCUT2D eigenvalue weighted by atomic mass is 10.1. The minimum Gasteiger partial charge on any atom is -0.444 e. The average molecular weight is 286 g/mol. The highest BCUT2D eigenvalue weighted by molar-refractivity contribution is 6.29. The van der Waals surface area contributed by atoms with Crippen LogP contribution >= 0.6 is 11.6 Å². The molecule has 1 amide bonds. The number of carbonyl (C=O) groups excluding carboxylic acids is 1. The molecule has 1 atom stereocenters. The number of rotatable bonds is 4. The predicted molar refractivity (Wildman–Crippen MR) is 75.2 cm³/mol. The van der Waals surface area contributed by atoms with Crippen molar-refractivity contribution in [2.24, 2.45) is 5.73 Å². The Bertz CT molecular complexity index is 415. The van der Waals surface area contributed by atoms with Crippen molar-refractivity contribution in [1.29, 1.82) is 0 Å². The highest BCUT2D eigenvalue weighted by Crippen LogP contribution is 2.09. The molecule has 0 aliphatic carbocycles. The maximum Gasteiger partial charge on any atom is 0.407 e. The van der Waals surface area contributed by atoms with Crippen LogP contribution in [0.5, 0.6) is 0 Å². The second-order valence-corrected chi connectivity index (χ2v) is 5.66. The Morgan fingerprint density at radius 1 is 1.53 bits per heavy atom. The molecule has 1 rings (SSSR count). The van der Waals surface area contributed by atoms with E-state index in [2.05, 4.69) is 10.3 Å². The monoisotopic (exact) mass is 285 g/mol. The van der Waals surface area contributed by atoms with Gasteiger partial charge in [-0.15, -0.1) is 0 Å². The Morgan fingerprint density at radius 3 is 2.68 bits per heavy atom. The molecule has 0 spiro atoms. The number of nitrogens with one attached hydrogen (secondary N) is 1. The number of halogens is 1. The molecule has 5 nitrogen and oxygen atoms in total. The van der Waals surface area contributed by atoms with Crippen molar-refractivity contribution < 1.29 is 9.53 Å². The Labute approximate surface area is 118 Å². The minimum absolute atomic E-state index is 0.196. The van der Waals surface area contributed by atoms with E-state index in [4.69, 9.17) is 22.1 Å². The van der Waals surface area contributed by atoms with Gasteiger partial charge in [-0.1, -0.05) is 17.7 Å². The van der Waals surface area contributed by atoms with Crippen molar-refractivity contribution in [1.82, 2.24) is 10.3 Å². The molecule has 1 aromatic rings. The van der Waals surface area contributed by atoms with Gasteiger partial charge in [-0.2, -0.15) is 0 Å². The van der Waals surface area contributed by atoms with Crippen LogP contribution in [0.3, 0.4) is 0 Å². The number of alkyl carbamates (subject to hydrolysis) is 1. The predicted octanol–water partition coefficient (Wildman–Crippen LogP) is 2.13. The number of ether oxygens (including phenoxy) is 1. The molecule has 0 aliphatic heterocycles. The van der Waals surface area contributed by atoms with E-state index in [1.54, 1.807) is 12.3 Å². The molecule has 0 fully saturated rings. The van der Waals surface area contributed by atoms with E-state index in [1.807, 2.05) is 26.8 Å². The minimum atomic E-state index is -0.523. The second kappa shape index (κ2) is 6.73. The fourth-order valence-corrected chi connectivity index (χ4v) is 1.59. The number of aromatic nitrogens is 1. The number of carbonyl (C=O) groups is 1. The first-order valence-corrected chi connectivity index (χ1v) is 6.48. The summed E-state index contributed by atoms with van der Waals surface area (Å²) in [4.78, 5) is 15.6. The van der Waals surface area contributed by atoms with E-state index in [9.17, 15) is 4.79 Å². The molecule has 0 saturated carbocycles. The van der Waals surface area contributed by atoms with Gasteiger partial charge in [-0.05, 0) is 38.8 Å². The van der Waals surface area contributed by atoms with Crippen LogP contribution in [0.1, 0.15) is 26.3 Å². The van der Waals surface area contributed by atoms with Gasteiger partial charge in [0.2, 0.25) is 0 Å². The van der Waals surface area contributed by atoms with Crippen molar-refractivity contribution >= 4 is 17.7 Å². The summed E-state index contributed by atoms with van der Waals surface area (Å²) >= 11 is 5.71. The second-order valence-electron chi connectivity index (χ2n) is 5.27. The third kappa shape index (κ3) is 6.40. The van der Waals surface area contributed by atoms with Crippen molar-refractivity contribution in [3.63, 3.8) is 0 Å². The normalized spacial score (nSPS) is 12.9. The number of hydrogen-bond acceptors (Lipinski definition) is 4. The fraction of sp³-hybridized carbons (Fsp3) is 0.538. The molecule has 1 aromatic heterocycles. The van der Waals surface area contributed by atoms with E-state index in [1.165, 1.54) is 0 Å². The lowest BCUT2D eigenvalue weighted by Gasteiger charge is -2.23. The summed E-state index contributed by atoms with van der Waals surface area (Å²) < 4.78 is 5.18. The zero-order valence-electron chi connectivity index (χ0n) is 11.4. The molecule has 19 heavy (non-hydrogen) atoms. The van der Waals surface area contributed by atoms with Crippen LogP contribution in [-0.2, 0) is 11.2 Å². The van der Waals surface area contributed by atoms with E-state index in [0.29, 0.717) is 18.1 Å². The maximum atomic E-state index is 11.6. The zero-order valence-corrected chi connectivity index (χ0v) is 12.2. The molecular formula is C13H20ClN3O2. The van der Waals surface area contributed by atoms with Crippen LogP contribution in [-0.4, -0.2) is 29.3 Å². The van der Waals surface area contributed by atoms with Gasteiger partial charge in [0.25, 0.3) is 0 Å². The highest BCUT2D eigenvalue weighted by Gasteiger charge is 2.19. The molecule has 0 bridgehead atoms. The van der Waals surface area contributed by atoms with Gasteiger partial charge in [0.05, 0.1) is 0 Å². The molecule has 6 heteroatoms.